The molecule has 0 spiro atoms. The van der Waals surface area contributed by atoms with Crippen LogP contribution in [0.2, 0.25) is 20.1 Å². The summed E-state index contributed by atoms with van der Waals surface area (Å²) in [5.41, 5.74) is 1.30. The maximum atomic E-state index is 9.42. The summed E-state index contributed by atoms with van der Waals surface area (Å²) in [6.07, 6.45) is 0. The van der Waals surface area contributed by atoms with E-state index in [9.17, 15) is 5.11 Å². The molecular formula is C12H6Cl4O. The summed E-state index contributed by atoms with van der Waals surface area (Å²) >= 11 is 23.9. The SMILES string of the molecule is Oc1cc(Cl)c(-c2cc(Cl)ccc2Cl)cc1Cl. The van der Waals surface area contributed by atoms with Crippen LogP contribution in [0.1, 0.15) is 0 Å². The Morgan fingerprint density at radius 3 is 2.06 bits per heavy atom. The minimum absolute atomic E-state index is 0.0708. The van der Waals surface area contributed by atoms with Crippen LogP contribution in [0.5, 0.6) is 5.75 Å². The molecule has 0 heterocycles. The minimum Gasteiger partial charge on any atom is -0.506 e. The van der Waals surface area contributed by atoms with E-state index in [1.54, 1.807) is 24.3 Å². The van der Waals surface area contributed by atoms with Crippen LogP contribution < -0.4 is 0 Å². The number of hydrogen-bond donors (Lipinski definition) is 1. The Balaban J connectivity index is 2.68. The van der Waals surface area contributed by atoms with Crippen molar-refractivity contribution in [3.63, 3.8) is 0 Å². The first-order valence-electron chi connectivity index (χ1n) is 4.62. The lowest BCUT2D eigenvalue weighted by atomic mass is 10.1. The topological polar surface area (TPSA) is 20.2 Å². The molecule has 0 saturated heterocycles. The third kappa shape index (κ3) is 2.63. The summed E-state index contributed by atoms with van der Waals surface area (Å²) in [5.74, 6) is -0.0708. The zero-order valence-corrected chi connectivity index (χ0v) is 11.4. The van der Waals surface area contributed by atoms with Gasteiger partial charge in [-0.05, 0) is 24.3 Å². The summed E-state index contributed by atoms with van der Waals surface area (Å²) < 4.78 is 0. The number of benzene rings is 2. The van der Waals surface area contributed by atoms with Gasteiger partial charge in [0.15, 0.2) is 0 Å². The number of halogens is 4. The molecule has 2 aromatic rings. The first-order valence-corrected chi connectivity index (χ1v) is 6.13. The van der Waals surface area contributed by atoms with Crippen molar-refractivity contribution in [1.29, 1.82) is 0 Å². The fourth-order valence-corrected chi connectivity index (χ4v) is 2.26. The van der Waals surface area contributed by atoms with Gasteiger partial charge in [0.1, 0.15) is 5.75 Å². The maximum Gasteiger partial charge on any atom is 0.135 e. The van der Waals surface area contributed by atoms with Gasteiger partial charge in [-0.1, -0.05) is 46.4 Å². The molecule has 0 amide bonds. The lowest BCUT2D eigenvalue weighted by Crippen LogP contribution is -1.83. The summed E-state index contributed by atoms with van der Waals surface area (Å²) in [6, 6.07) is 7.98. The number of phenols is 1. The van der Waals surface area contributed by atoms with Crippen LogP contribution in [-0.4, -0.2) is 5.11 Å². The summed E-state index contributed by atoms with van der Waals surface area (Å²) in [7, 11) is 0. The molecule has 0 aliphatic heterocycles. The van der Waals surface area contributed by atoms with E-state index in [1.807, 2.05) is 0 Å². The molecule has 0 unspecified atom stereocenters. The van der Waals surface area contributed by atoms with Gasteiger partial charge in [-0.2, -0.15) is 0 Å². The van der Waals surface area contributed by atoms with E-state index in [2.05, 4.69) is 0 Å². The molecule has 2 aromatic carbocycles. The molecule has 0 radical (unpaired) electrons. The molecule has 2 rings (SSSR count). The van der Waals surface area contributed by atoms with Crippen molar-refractivity contribution in [3.8, 4) is 16.9 Å². The highest BCUT2D eigenvalue weighted by Crippen LogP contribution is 2.39. The average molecular weight is 308 g/mol. The first-order chi connectivity index (χ1) is 7.99. The number of phenolic OH excluding ortho intramolecular Hbond substituents is 1. The largest absolute Gasteiger partial charge is 0.506 e. The Morgan fingerprint density at radius 1 is 0.706 bits per heavy atom. The highest BCUT2D eigenvalue weighted by Gasteiger charge is 2.11. The van der Waals surface area contributed by atoms with Crippen LogP contribution in [-0.2, 0) is 0 Å². The fraction of sp³-hybridized carbons (Fsp3) is 0. The van der Waals surface area contributed by atoms with Gasteiger partial charge in [-0.15, -0.1) is 0 Å². The Bertz CT molecular complexity index is 581. The number of hydrogen-bond acceptors (Lipinski definition) is 1. The molecule has 0 aromatic heterocycles. The standard InChI is InChI=1S/C12H6Cl4O/c13-6-1-2-9(14)7(3-6)8-4-11(16)12(17)5-10(8)15/h1-5,17H. The molecule has 1 N–H and O–H groups in total. The highest BCUT2D eigenvalue weighted by atomic mass is 35.5. The van der Waals surface area contributed by atoms with E-state index < -0.39 is 0 Å². The smallest absolute Gasteiger partial charge is 0.135 e. The molecule has 0 aliphatic carbocycles. The lowest BCUT2D eigenvalue weighted by molar-refractivity contribution is 0.475. The van der Waals surface area contributed by atoms with E-state index in [-0.39, 0.29) is 10.8 Å². The first kappa shape index (κ1) is 12.8. The fourth-order valence-electron chi connectivity index (χ4n) is 1.45. The molecule has 17 heavy (non-hydrogen) atoms. The van der Waals surface area contributed by atoms with Crippen LogP contribution in [0.4, 0.5) is 0 Å². The second-order valence-electron chi connectivity index (χ2n) is 3.41. The molecular weight excluding hydrogens is 302 g/mol. The molecule has 1 nitrogen and oxygen atoms in total. The maximum absolute atomic E-state index is 9.42. The molecule has 0 bridgehead atoms. The van der Waals surface area contributed by atoms with Crippen LogP contribution in [0.25, 0.3) is 11.1 Å². The van der Waals surface area contributed by atoms with Gasteiger partial charge >= 0.3 is 0 Å². The van der Waals surface area contributed by atoms with Crippen LogP contribution >= 0.6 is 46.4 Å². The quantitative estimate of drug-likeness (QED) is 0.719. The summed E-state index contributed by atoms with van der Waals surface area (Å²) in [4.78, 5) is 0. The highest BCUT2D eigenvalue weighted by molar-refractivity contribution is 6.39. The van der Waals surface area contributed by atoms with Gasteiger partial charge in [0, 0.05) is 27.2 Å². The van der Waals surface area contributed by atoms with Crippen molar-refractivity contribution in [1.82, 2.24) is 0 Å². The zero-order valence-electron chi connectivity index (χ0n) is 8.35. The Morgan fingerprint density at radius 2 is 1.35 bits per heavy atom. The summed E-state index contributed by atoms with van der Waals surface area (Å²) in [5, 5.41) is 11.0. The second kappa shape index (κ2) is 4.95. The number of rotatable bonds is 1. The monoisotopic (exact) mass is 306 g/mol. The van der Waals surface area contributed by atoms with Crippen LogP contribution in [0.15, 0.2) is 30.3 Å². The van der Waals surface area contributed by atoms with Gasteiger partial charge in [0.2, 0.25) is 0 Å². The molecule has 5 heteroatoms. The predicted octanol–water partition coefficient (Wildman–Crippen LogP) is 5.67. The molecule has 0 aliphatic rings. The molecule has 0 atom stereocenters. The van der Waals surface area contributed by atoms with E-state index in [1.165, 1.54) is 6.07 Å². The Labute approximate surface area is 118 Å². The Hall–Kier alpha value is -0.600. The van der Waals surface area contributed by atoms with E-state index in [4.69, 9.17) is 46.4 Å². The zero-order chi connectivity index (χ0) is 12.6. The van der Waals surface area contributed by atoms with Gasteiger partial charge in [-0.3, -0.25) is 0 Å². The van der Waals surface area contributed by atoms with Gasteiger partial charge < -0.3 is 5.11 Å². The predicted molar refractivity (Wildman–Crippen MR) is 73.6 cm³/mol. The van der Waals surface area contributed by atoms with Gasteiger partial charge in [-0.25, -0.2) is 0 Å². The van der Waals surface area contributed by atoms with Crippen molar-refractivity contribution in [2.24, 2.45) is 0 Å². The number of aromatic hydroxyl groups is 1. The van der Waals surface area contributed by atoms with E-state index >= 15 is 0 Å². The van der Waals surface area contributed by atoms with Gasteiger partial charge in [0.25, 0.3) is 0 Å². The normalized spacial score (nSPS) is 10.6. The molecule has 0 saturated carbocycles. The van der Waals surface area contributed by atoms with Crippen molar-refractivity contribution >= 4 is 46.4 Å². The van der Waals surface area contributed by atoms with E-state index in [0.29, 0.717) is 26.2 Å². The second-order valence-corrected chi connectivity index (χ2v) is 5.07. The van der Waals surface area contributed by atoms with Crippen molar-refractivity contribution in [3.05, 3.63) is 50.4 Å². The van der Waals surface area contributed by atoms with Gasteiger partial charge in [0.05, 0.1) is 10.0 Å². The van der Waals surface area contributed by atoms with Crippen LogP contribution in [0.3, 0.4) is 0 Å². The lowest BCUT2D eigenvalue weighted by Gasteiger charge is -2.09. The van der Waals surface area contributed by atoms with Crippen molar-refractivity contribution in [2.45, 2.75) is 0 Å². The van der Waals surface area contributed by atoms with Crippen LogP contribution in [0, 0.1) is 0 Å². The average Bonchev–Trinajstić information content (AvgIpc) is 2.27. The van der Waals surface area contributed by atoms with E-state index in [0.717, 1.165) is 0 Å². The van der Waals surface area contributed by atoms with Crippen molar-refractivity contribution in [2.75, 3.05) is 0 Å². The third-order valence-corrected chi connectivity index (χ3v) is 3.44. The molecule has 0 fully saturated rings. The van der Waals surface area contributed by atoms with Crippen molar-refractivity contribution < 1.29 is 5.11 Å². The Kier molecular flexibility index (Phi) is 3.74. The minimum atomic E-state index is -0.0708. The third-order valence-electron chi connectivity index (χ3n) is 2.26. The summed E-state index contributed by atoms with van der Waals surface area (Å²) in [6.45, 7) is 0. The molecule has 88 valence electrons.